The summed E-state index contributed by atoms with van der Waals surface area (Å²) in [6, 6.07) is 5.45. The largest absolute Gasteiger partial charge is 0.418 e. The van der Waals surface area contributed by atoms with Crippen molar-refractivity contribution >= 4 is 5.69 Å². The zero-order chi connectivity index (χ0) is 13.2. The smallest absolute Gasteiger partial charge is 0.371 e. The number of halogens is 3. The van der Waals surface area contributed by atoms with Gasteiger partial charge in [-0.2, -0.15) is 18.4 Å². The second kappa shape index (κ2) is 4.89. The summed E-state index contributed by atoms with van der Waals surface area (Å²) in [5.41, 5.74) is -0.242. The SMILES string of the molecule is N#Cc1ccc(C(F)(F)F)c(N2CCCCC2)c1. The van der Waals surface area contributed by atoms with Gasteiger partial charge in [0.15, 0.2) is 0 Å². The number of nitrogens with zero attached hydrogens (tertiary/aromatic N) is 2. The first-order chi connectivity index (χ1) is 8.52. The second-order valence-corrected chi connectivity index (χ2v) is 4.39. The van der Waals surface area contributed by atoms with Crippen molar-refractivity contribution in [2.45, 2.75) is 25.4 Å². The average Bonchev–Trinajstić information content (AvgIpc) is 2.38. The Morgan fingerprint density at radius 1 is 1.11 bits per heavy atom. The van der Waals surface area contributed by atoms with Gasteiger partial charge in [-0.15, -0.1) is 0 Å². The summed E-state index contributed by atoms with van der Waals surface area (Å²) in [6.45, 7) is 1.25. The number of anilines is 1. The Morgan fingerprint density at radius 2 is 1.78 bits per heavy atom. The van der Waals surface area contributed by atoms with Crippen molar-refractivity contribution in [3.63, 3.8) is 0 Å². The van der Waals surface area contributed by atoms with Gasteiger partial charge in [0.25, 0.3) is 0 Å². The van der Waals surface area contributed by atoms with E-state index in [1.165, 1.54) is 12.1 Å². The van der Waals surface area contributed by atoms with E-state index < -0.39 is 11.7 Å². The number of rotatable bonds is 1. The molecule has 0 amide bonds. The molecular weight excluding hydrogens is 241 g/mol. The van der Waals surface area contributed by atoms with Crippen LogP contribution in [0, 0.1) is 11.3 Å². The molecule has 96 valence electrons. The van der Waals surface area contributed by atoms with Gasteiger partial charge in [0.2, 0.25) is 0 Å². The fourth-order valence-corrected chi connectivity index (χ4v) is 2.24. The van der Waals surface area contributed by atoms with E-state index in [-0.39, 0.29) is 11.3 Å². The van der Waals surface area contributed by atoms with E-state index in [2.05, 4.69) is 0 Å². The molecule has 1 heterocycles. The van der Waals surface area contributed by atoms with Crippen molar-refractivity contribution in [2.75, 3.05) is 18.0 Å². The van der Waals surface area contributed by atoms with Gasteiger partial charge in [-0.1, -0.05) is 0 Å². The van der Waals surface area contributed by atoms with Crippen LogP contribution in [0.2, 0.25) is 0 Å². The Balaban J connectivity index is 2.44. The van der Waals surface area contributed by atoms with Crippen molar-refractivity contribution in [3.8, 4) is 6.07 Å². The first kappa shape index (κ1) is 12.7. The van der Waals surface area contributed by atoms with Crippen molar-refractivity contribution in [3.05, 3.63) is 29.3 Å². The van der Waals surface area contributed by atoms with Gasteiger partial charge in [-0.05, 0) is 37.5 Å². The number of hydrogen-bond acceptors (Lipinski definition) is 2. The van der Waals surface area contributed by atoms with Crippen LogP contribution in [-0.4, -0.2) is 13.1 Å². The summed E-state index contributed by atoms with van der Waals surface area (Å²) < 4.78 is 38.8. The normalized spacial score (nSPS) is 16.4. The molecule has 0 unspecified atom stereocenters. The molecule has 1 aromatic rings. The lowest BCUT2D eigenvalue weighted by atomic mass is 10.0. The fourth-order valence-electron chi connectivity index (χ4n) is 2.24. The number of alkyl halides is 3. The highest BCUT2D eigenvalue weighted by atomic mass is 19.4. The minimum absolute atomic E-state index is 0.140. The maximum atomic E-state index is 12.9. The quantitative estimate of drug-likeness (QED) is 0.766. The summed E-state index contributed by atoms with van der Waals surface area (Å²) >= 11 is 0. The molecular formula is C13H13F3N2. The van der Waals surface area contributed by atoms with Gasteiger partial charge in [-0.25, -0.2) is 0 Å². The van der Waals surface area contributed by atoms with Crippen LogP contribution in [0.5, 0.6) is 0 Å². The molecule has 1 aromatic carbocycles. The van der Waals surface area contributed by atoms with E-state index in [1.807, 2.05) is 6.07 Å². The maximum absolute atomic E-state index is 12.9. The van der Waals surface area contributed by atoms with Gasteiger partial charge in [-0.3, -0.25) is 0 Å². The second-order valence-electron chi connectivity index (χ2n) is 4.39. The Kier molecular flexibility index (Phi) is 3.46. The van der Waals surface area contributed by atoms with Crippen molar-refractivity contribution in [1.82, 2.24) is 0 Å². The minimum atomic E-state index is -4.37. The Labute approximate surface area is 104 Å². The Morgan fingerprint density at radius 3 is 2.33 bits per heavy atom. The monoisotopic (exact) mass is 254 g/mol. The number of benzene rings is 1. The predicted octanol–water partition coefficient (Wildman–Crippen LogP) is 3.57. The molecule has 5 heteroatoms. The third kappa shape index (κ3) is 2.58. The summed E-state index contributed by atoms with van der Waals surface area (Å²) in [6.07, 6.45) is -1.53. The van der Waals surface area contributed by atoms with Crippen LogP contribution in [0.1, 0.15) is 30.4 Å². The molecule has 0 aliphatic carbocycles. The van der Waals surface area contributed by atoms with Crippen LogP contribution in [0.3, 0.4) is 0 Å². The Hall–Kier alpha value is -1.70. The van der Waals surface area contributed by atoms with Gasteiger partial charge in [0, 0.05) is 13.1 Å². The van der Waals surface area contributed by atoms with Gasteiger partial charge >= 0.3 is 6.18 Å². The topological polar surface area (TPSA) is 27.0 Å². The number of piperidine rings is 1. The lowest BCUT2D eigenvalue weighted by Crippen LogP contribution is -2.31. The molecule has 0 N–H and O–H groups in total. The third-order valence-corrected chi connectivity index (χ3v) is 3.13. The molecule has 0 saturated carbocycles. The molecule has 1 fully saturated rings. The molecule has 1 aliphatic rings. The molecule has 0 aromatic heterocycles. The summed E-state index contributed by atoms with van der Waals surface area (Å²) in [4.78, 5) is 1.73. The van der Waals surface area contributed by atoms with E-state index in [1.54, 1.807) is 4.90 Å². The zero-order valence-electron chi connectivity index (χ0n) is 9.80. The first-order valence-electron chi connectivity index (χ1n) is 5.88. The van der Waals surface area contributed by atoms with Gasteiger partial charge < -0.3 is 4.90 Å². The molecule has 18 heavy (non-hydrogen) atoms. The molecule has 1 aliphatic heterocycles. The van der Waals surface area contributed by atoms with Crippen LogP contribution >= 0.6 is 0 Å². The minimum Gasteiger partial charge on any atom is -0.371 e. The molecule has 1 saturated heterocycles. The van der Waals surface area contributed by atoms with E-state index in [0.717, 1.165) is 25.3 Å². The highest BCUT2D eigenvalue weighted by Gasteiger charge is 2.35. The van der Waals surface area contributed by atoms with Crippen LogP contribution in [0.15, 0.2) is 18.2 Å². The van der Waals surface area contributed by atoms with Gasteiger partial charge in [0.05, 0.1) is 22.9 Å². The van der Waals surface area contributed by atoms with Gasteiger partial charge in [0.1, 0.15) is 0 Å². The summed E-state index contributed by atoms with van der Waals surface area (Å²) in [5.74, 6) is 0. The lowest BCUT2D eigenvalue weighted by molar-refractivity contribution is -0.137. The van der Waals surface area contributed by atoms with E-state index in [0.29, 0.717) is 13.1 Å². The molecule has 0 spiro atoms. The van der Waals surface area contributed by atoms with E-state index in [4.69, 9.17) is 5.26 Å². The van der Waals surface area contributed by atoms with Crippen molar-refractivity contribution < 1.29 is 13.2 Å². The third-order valence-electron chi connectivity index (χ3n) is 3.13. The molecule has 0 radical (unpaired) electrons. The van der Waals surface area contributed by atoms with E-state index in [9.17, 15) is 13.2 Å². The predicted molar refractivity (Wildman–Crippen MR) is 62.2 cm³/mol. The summed E-state index contributed by atoms with van der Waals surface area (Å²) in [5, 5.41) is 8.80. The highest BCUT2D eigenvalue weighted by molar-refractivity contribution is 5.59. The van der Waals surface area contributed by atoms with E-state index >= 15 is 0 Å². The fraction of sp³-hybridized carbons (Fsp3) is 0.462. The van der Waals surface area contributed by atoms with Crippen LogP contribution < -0.4 is 4.90 Å². The van der Waals surface area contributed by atoms with Crippen LogP contribution in [0.4, 0.5) is 18.9 Å². The highest BCUT2D eigenvalue weighted by Crippen LogP contribution is 2.37. The maximum Gasteiger partial charge on any atom is 0.418 e. The standard InChI is InChI=1S/C13H13F3N2/c14-13(15,16)11-5-4-10(9-17)8-12(11)18-6-2-1-3-7-18/h4-5,8H,1-3,6-7H2. The lowest BCUT2D eigenvalue weighted by Gasteiger charge is -2.31. The number of hydrogen-bond donors (Lipinski definition) is 0. The number of nitriles is 1. The van der Waals surface area contributed by atoms with Crippen molar-refractivity contribution in [1.29, 1.82) is 5.26 Å². The Bertz CT molecular complexity index is 468. The summed E-state index contributed by atoms with van der Waals surface area (Å²) in [7, 11) is 0. The van der Waals surface area contributed by atoms with Crippen LogP contribution in [-0.2, 0) is 6.18 Å². The van der Waals surface area contributed by atoms with Crippen LogP contribution in [0.25, 0.3) is 0 Å². The molecule has 2 rings (SSSR count). The molecule has 0 bridgehead atoms. The first-order valence-corrected chi connectivity index (χ1v) is 5.88. The molecule has 2 nitrogen and oxygen atoms in total. The average molecular weight is 254 g/mol. The molecule has 0 atom stereocenters. The van der Waals surface area contributed by atoms with Crippen molar-refractivity contribution in [2.24, 2.45) is 0 Å². The zero-order valence-corrected chi connectivity index (χ0v) is 9.80.